The smallest absolute Gasteiger partial charge is 0.322 e. The number of hydrogen-bond donors (Lipinski definition) is 1. The van der Waals surface area contributed by atoms with E-state index in [1.807, 2.05) is 14.0 Å². The van der Waals surface area contributed by atoms with Crippen molar-refractivity contribution >= 4 is 5.97 Å². The van der Waals surface area contributed by atoms with Crippen LogP contribution in [0.2, 0.25) is 0 Å². The Bertz CT molecular complexity index is 223. The van der Waals surface area contributed by atoms with E-state index in [0.29, 0.717) is 0 Å². The van der Waals surface area contributed by atoms with Crippen molar-refractivity contribution in [3.05, 3.63) is 0 Å². The van der Waals surface area contributed by atoms with Gasteiger partial charge in [0.2, 0.25) is 0 Å². The number of esters is 1. The lowest BCUT2D eigenvalue weighted by atomic mass is 9.89. The average molecular weight is 214 g/mol. The third-order valence-corrected chi connectivity index (χ3v) is 3.60. The molecule has 0 spiro atoms. The molecular formula is C11H22N2O2. The van der Waals surface area contributed by atoms with Gasteiger partial charge in [0.1, 0.15) is 6.04 Å². The molecule has 0 amide bonds. The van der Waals surface area contributed by atoms with Crippen molar-refractivity contribution in [1.82, 2.24) is 10.2 Å². The zero-order chi connectivity index (χ0) is 11.5. The SMILES string of the molecule is CNC1(C)CCN(C(C)C(=O)OC)CC1. The molecule has 1 N–H and O–H groups in total. The number of nitrogens with zero attached hydrogens (tertiary/aromatic N) is 1. The summed E-state index contributed by atoms with van der Waals surface area (Å²) in [5, 5.41) is 3.34. The van der Waals surface area contributed by atoms with Crippen LogP contribution in [0.5, 0.6) is 0 Å². The Morgan fingerprint density at radius 1 is 1.47 bits per heavy atom. The van der Waals surface area contributed by atoms with Crippen LogP contribution in [0.15, 0.2) is 0 Å². The predicted octanol–water partition coefficient (Wildman–Crippen LogP) is 0.622. The first-order valence-electron chi connectivity index (χ1n) is 5.53. The highest BCUT2D eigenvalue weighted by Gasteiger charge is 2.32. The second-order valence-electron chi connectivity index (χ2n) is 4.55. The van der Waals surface area contributed by atoms with Gasteiger partial charge in [0.25, 0.3) is 0 Å². The number of ether oxygens (including phenoxy) is 1. The Morgan fingerprint density at radius 3 is 2.40 bits per heavy atom. The van der Waals surface area contributed by atoms with Crippen LogP contribution in [0.3, 0.4) is 0 Å². The van der Waals surface area contributed by atoms with Gasteiger partial charge in [-0.2, -0.15) is 0 Å². The lowest BCUT2D eigenvalue weighted by Crippen LogP contribution is -2.53. The molecule has 0 aromatic heterocycles. The fraction of sp³-hybridized carbons (Fsp3) is 0.909. The maximum Gasteiger partial charge on any atom is 0.322 e. The third kappa shape index (κ3) is 2.92. The molecule has 1 heterocycles. The van der Waals surface area contributed by atoms with Crippen LogP contribution in [0.25, 0.3) is 0 Å². The highest BCUT2D eigenvalue weighted by molar-refractivity contribution is 5.75. The van der Waals surface area contributed by atoms with Gasteiger partial charge in [-0.15, -0.1) is 0 Å². The summed E-state index contributed by atoms with van der Waals surface area (Å²) in [4.78, 5) is 13.5. The molecular weight excluding hydrogens is 192 g/mol. The molecule has 1 fully saturated rings. The minimum absolute atomic E-state index is 0.114. The van der Waals surface area contributed by atoms with Crippen LogP contribution in [-0.2, 0) is 9.53 Å². The van der Waals surface area contributed by atoms with Gasteiger partial charge < -0.3 is 10.1 Å². The van der Waals surface area contributed by atoms with E-state index in [-0.39, 0.29) is 17.6 Å². The Labute approximate surface area is 92.0 Å². The quantitative estimate of drug-likeness (QED) is 0.699. The van der Waals surface area contributed by atoms with Gasteiger partial charge in [-0.05, 0) is 33.7 Å². The largest absolute Gasteiger partial charge is 0.468 e. The lowest BCUT2D eigenvalue weighted by molar-refractivity contribution is -0.147. The Balaban J connectivity index is 2.47. The summed E-state index contributed by atoms with van der Waals surface area (Å²) in [6.07, 6.45) is 2.15. The van der Waals surface area contributed by atoms with Crippen LogP contribution >= 0.6 is 0 Å². The van der Waals surface area contributed by atoms with Gasteiger partial charge in [0, 0.05) is 18.6 Å². The van der Waals surface area contributed by atoms with E-state index in [1.165, 1.54) is 7.11 Å². The predicted molar refractivity (Wildman–Crippen MR) is 59.7 cm³/mol. The molecule has 88 valence electrons. The molecule has 0 aromatic rings. The minimum Gasteiger partial charge on any atom is -0.468 e. The van der Waals surface area contributed by atoms with Crippen molar-refractivity contribution in [2.24, 2.45) is 0 Å². The minimum atomic E-state index is -0.136. The second-order valence-corrected chi connectivity index (χ2v) is 4.55. The standard InChI is InChI=1S/C11H22N2O2/c1-9(10(14)15-4)13-7-5-11(2,12-3)6-8-13/h9,12H,5-8H2,1-4H3. The van der Waals surface area contributed by atoms with Gasteiger partial charge in [-0.25, -0.2) is 0 Å². The first-order chi connectivity index (χ1) is 7.02. The van der Waals surface area contributed by atoms with Crippen molar-refractivity contribution in [2.75, 3.05) is 27.2 Å². The van der Waals surface area contributed by atoms with Crippen molar-refractivity contribution in [2.45, 2.75) is 38.3 Å². The lowest BCUT2D eigenvalue weighted by Gasteiger charge is -2.40. The van der Waals surface area contributed by atoms with Crippen LogP contribution in [0.1, 0.15) is 26.7 Å². The van der Waals surface area contributed by atoms with Crippen molar-refractivity contribution in [3.8, 4) is 0 Å². The van der Waals surface area contributed by atoms with Gasteiger partial charge in [0.15, 0.2) is 0 Å². The molecule has 0 saturated carbocycles. The molecule has 1 aliphatic heterocycles. The monoisotopic (exact) mass is 214 g/mol. The number of carbonyl (C=O) groups excluding carboxylic acids is 1. The van der Waals surface area contributed by atoms with E-state index >= 15 is 0 Å². The summed E-state index contributed by atoms with van der Waals surface area (Å²) in [5.41, 5.74) is 0.229. The van der Waals surface area contributed by atoms with E-state index in [9.17, 15) is 4.79 Å². The summed E-state index contributed by atoms with van der Waals surface area (Å²) >= 11 is 0. The third-order valence-electron chi connectivity index (χ3n) is 3.60. The van der Waals surface area contributed by atoms with Crippen LogP contribution in [0.4, 0.5) is 0 Å². The van der Waals surface area contributed by atoms with E-state index in [2.05, 4.69) is 17.1 Å². The van der Waals surface area contributed by atoms with E-state index in [0.717, 1.165) is 25.9 Å². The summed E-state index contributed by atoms with van der Waals surface area (Å²) < 4.78 is 4.75. The molecule has 4 heteroatoms. The van der Waals surface area contributed by atoms with E-state index in [1.54, 1.807) is 0 Å². The van der Waals surface area contributed by atoms with Crippen molar-refractivity contribution < 1.29 is 9.53 Å². The van der Waals surface area contributed by atoms with Crippen LogP contribution in [-0.4, -0.2) is 49.7 Å². The average Bonchev–Trinajstić information content (AvgIpc) is 2.28. The molecule has 15 heavy (non-hydrogen) atoms. The number of piperidine rings is 1. The fourth-order valence-corrected chi connectivity index (χ4v) is 1.97. The van der Waals surface area contributed by atoms with Gasteiger partial charge in [-0.1, -0.05) is 0 Å². The number of carbonyl (C=O) groups is 1. The number of rotatable bonds is 3. The van der Waals surface area contributed by atoms with E-state index in [4.69, 9.17) is 4.74 Å². The highest BCUT2D eigenvalue weighted by atomic mass is 16.5. The van der Waals surface area contributed by atoms with Crippen LogP contribution < -0.4 is 5.32 Å². The maximum absolute atomic E-state index is 11.4. The van der Waals surface area contributed by atoms with Crippen LogP contribution in [0, 0.1) is 0 Å². The molecule has 4 nitrogen and oxygen atoms in total. The topological polar surface area (TPSA) is 41.6 Å². The number of hydrogen-bond acceptors (Lipinski definition) is 4. The second kappa shape index (κ2) is 4.94. The number of nitrogens with one attached hydrogen (secondary N) is 1. The van der Waals surface area contributed by atoms with Crippen molar-refractivity contribution in [1.29, 1.82) is 0 Å². The van der Waals surface area contributed by atoms with Crippen molar-refractivity contribution in [3.63, 3.8) is 0 Å². The highest BCUT2D eigenvalue weighted by Crippen LogP contribution is 2.22. The Morgan fingerprint density at radius 2 is 2.00 bits per heavy atom. The van der Waals surface area contributed by atoms with Gasteiger partial charge >= 0.3 is 5.97 Å². The molecule has 0 bridgehead atoms. The van der Waals surface area contributed by atoms with Gasteiger partial charge in [0.05, 0.1) is 7.11 Å². The molecule has 1 atom stereocenters. The molecule has 1 unspecified atom stereocenters. The molecule has 1 rings (SSSR count). The summed E-state index contributed by atoms with van der Waals surface area (Å²) in [7, 11) is 3.44. The Hall–Kier alpha value is -0.610. The molecule has 1 aliphatic rings. The normalized spacial score (nSPS) is 23.5. The molecule has 1 saturated heterocycles. The summed E-state index contributed by atoms with van der Waals surface area (Å²) in [5.74, 6) is -0.136. The molecule has 0 radical (unpaired) electrons. The molecule has 0 aromatic carbocycles. The first-order valence-corrected chi connectivity index (χ1v) is 5.53. The number of methoxy groups -OCH3 is 1. The zero-order valence-corrected chi connectivity index (χ0v) is 10.2. The summed E-state index contributed by atoms with van der Waals surface area (Å²) in [6, 6.07) is -0.114. The van der Waals surface area contributed by atoms with Gasteiger partial charge in [-0.3, -0.25) is 9.69 Å². The fourth-order valence-electron chi connectivity index (χ4n) is 1.97. The zero-order valence-electron chi connectivity index (χ0n) is 10.2. The first kappa shape index (κ1) is 12.5. The maximum atomic E-state index is 11.4. The number of likely N-dealkylation sites (tertiary alicyclic amines) is 1. The van der Waals surface area contributed by atoms with E-state index < -0.39 is 0 Å². The molecule has 0 aliphatic carbocycles. The Kier molecular flexibility index (Phi) is 4.11. The summed E-state index contributed by atoms with van der Waals surface area (Å²) in [6.45, 7) is 6.04.